The first-order valence-electron chi connectivity index (χ1n) is 5.90. The zero-order valence-corrected chi connectivity index (χ0v) is 13.6. The molecular formula is C12H13Cl2N3O3S. The highest BCUT2D eigenvalue weighted by molar-refractivity contribution is 7.92. The predicted molar refractivity (Wildman–Crippen MR) is 81.3 cm³/mol. The Hall–Kier alpha value is -1.28. The average Bonchev–Trinajstić information content (AvgIpc) is 2.70. The number of aromatic nitrogens is 2. The second-order valence-electron chi connectivity index (χ2n) is 4.41. The van der Waals surface area contributed by atoms with Crippen molar-refractivity contribution in [2.24, 2.45) is 0 Å². The third-order valence-electron chi connectivity index (χ3n) is 2.96. The van der Waals surface area contributed by atoms with Gasteiger partial charge in [-0.3, -0.25) is 9.82 Å². The summed E-state index contributed by atoms with van der Waals surface area (Å²) in [6.45, 7) is 2.91. The molecule has 1 aromatic heterocycles. The summed E-state index contributed by atoms with van der Waals surface area (Å²) in [5.74, 6) is 0. The van der Waals surface area contributed by atoms with Crippen molar-refractivity contribution in [1.82, 2.24) is 10.2 Å². The maximum Gasteiger partial charge on any atom is 0.263 e. The number of nitrogens with one attached hydrogen (secondary N) is 2. The molecule has 1 heterocycles. The van der Waals surface area contributed by atoms with Crippen LogP contribution in [0, 0.1) is 13.8 Å². The average molecular weight is 350 g/mol. The number of aliphatic hydroxyl groups excluding tert-OH is 1. The standard InChI is InChI=1S/C12H13Cl2N3O3S/c1-6-12(7(2)16-15-6)17-21(19,20)10-4-3-9(13)8(5-18)11(10)14/h3-4,17-18H,5H2,1-2H3,(H,15,16). The minimum absolute atomic E-state index is 0.101. The molecule has 9 heteroatoms. The molecule has 0 saturated heterocycles. The van der Waals surface area contributed by atoms with E-state index in [0.29, 0.717) is 17.1 Å². The minimum Gasteiger partial charge on any atom is -0.392 e. The largest absolute Gasteiger partial charge is 0.392 e. The van der Waals surface area contributed by atoms with E-state index in [4.69, 9.17) is 23.2 Å². The number of halogens is 2. The predicted octanol–water partition coefficient (Wildman–Crippen LogP) is 2.63. The molecule has 2 rings (SSSR count). The number of rotatable bonds is 4. The molecular weight excluding hydrogens is 337 g/mol. The molecule has 0 atom stereocenters. The van der Waals surface area contributed by atoms with Crippen LogP contribution in [0.25, 0.3) is 0 Å². The number of sulfonamides is 1. The minimum atomic E-state index is -3.92. The van der Waals surface area contributed by atoms with Crippen LogP contribution < -0.4 is 4.72 Å². The lowest BCUT2D eigenvalue weighted by Gasteiger charge is -2.12. The van der Waals surface area contributed by atoms with Crippen molar-refractivity contribution in [3.8, 4) is 0 Å². The molecule has 0 radical (unpaired) electrons. The highest BCUT2D eigenvalue weighted by Gasteiger charge is 2.23. The number of H-pyrrole nitrogens is 1. The number of aliphatic hydroxyl groups is 1. The highest BCUT2D eigenvalue weighted by Crippen LogP contribution is 2.32. The lowest BCUT2D eigenvalue weighted by Crippen LogP contribution is -2.15. The summed E-state index contributed by atoms with van der Waals surface area (Å²) >= 11 is 11.9. The Bertz CT molecular complexity index is 768. The Morgan fingerprint density at radius 3 is 2.52 bits per heavy atom. The molecule has 6 nitrogen and oxygen atoms in total. The van der Waals surface area contributed by atoms with Gasteiger partial charge in [-0.15, -0.1) is 0 Å². The van der Waals surface area contributed by atoms with Crippen molar-refractivity contribution in [3.05, 3.63) is 39.1 Å². The summed E-state index contributed by atoms with van der Waals surface area (Å²) < 4.78 is 27.3. The van der Waals surface area contributed by atoms with Gasteiger partial charge in [0.1, 0.15) is 4.90 Å². The zero-order valence-electron chi connectivity index (χ0n) is 11.2. The van der Waals surface area contributed by atoms with Gasteiger partial charge >= 0.3 is 0 Å². The number of aromatic amines is 1. The van der Waals surface area contributed by atoms with E-state index in [1.54, 1.807) is 13.8 Å². The molecule has 0 unspecified atom stereocenters. The van der Waals surface area contributed by atoms with Crippen LogP contribution in [-0.2, 0) is 16.6 Å². The lowest BCUT2D eigenvalue weighted by atomic mass is 10.2. The van der Waals surface area contributed by atoms with Crippen molar-refractivity contribution < 1.29 is 13.5 Å². The Morgan fingerprint density at radius 2 is 2.00 bits per heavy atom. The number of hydrogen-bond acceptors (Lipinski definition) is 4. The van der Waals surface area contributed by atoms with Crippen molar-refractivity contribution in [3.63, 3.8) is 0 Å². The molecule has 0 aliphatic heterocycles. The van der Waals surface area contributed by atoms with Gasteiger partial charge in [0.25, 0.3) is 10.0 Å². The fourth-order valence-corrected chi connectivity index (χ4v) is 3.90. The summed E-state index contributed by atoms with van der Waals surface area (Å²) in [5.41, 5.74) is 1.64. The van der Waals surface area contributed by atoms with Gasteiger partial charge < -0.3 is 5.11 Å². The van der Waals surface area contributed by atoms with Gasteiger partial charge in [0.15, 0.2) is 0 Å². The van der Waals surface area contributed by atoms with Crippen molar-refractivity contribution in [1.29, 1.82) is 0 Å². The first-order valence-corrected chi connectivity index (χ1v) is 8.14. The van der Waals surface area contributed by atoms with Gasteiger partial charge in [0, 0.05) is 10.6 Å². The summed E-state index contributed by atoms with van der Waals surface area (Å²) in [4.78, 5) is -0.155. The van der Waals surface area contributed by atoms with Crippen LogP contribution in [-0.4, -0.2) is 23.7 Å². The Balaban J connectivity index is 2.51. The molecule has 2 aromatic rings. The van der Waals surface area contributed by atoms with Gasteiger partial charge in [0.05, 0.1) is 28.7 Å². The van der Waals surface area contributed by atoms with Gasteiger partial charge in [0.2, 0.25) is 0 Å². The normalized spacial score (nSPS) is 11.7. The molecule has 3 N–H and O–H groups in total. The van der Waals surface area contributed by atoms with E-state index >= 15 is 0 Å². The van der Waals surface area contributed by atoms with Crippen LogP contribution >= 0.6 is 23.2 Å². The molecule has 114 valence electrons. The monoisotopic (exact) mass is 349 g/mol. The van der Waals surface area contributed by atoms with Gasteiger partial charge in [-0.2, -0.15) is 5.10 Å². The van der Waals surface area contributed by atoms with Crippen molar-refractivity contribution in [2.75, 3.05) is 4.72 Å². The number of benzene rings is 1. The van der Waals surface area contributed by atoms with E-state index in [0.717, 1.165) is 0 Å². The number of nitrogens with zero attached hydrogens (tertiary/aromatic N) is 1. The van der Waals surface area contributed by atoms with Crippen LogP contribution in [0.3, 0.4) is 0 Å². The van der Waals surface area contributed by atoms with Crippen LogP contribution in [0.4, 0.5) is 5.69 Å². The van der Waals surface area contributed by atoms with E-state index in [1.165, 1.54) is 12.1 Å². The van der Waals surface area contributed by atoms with Crippen molar-refractivity contribution >= 4 is 38.9 Å². The number of aryl methyl sites for hydroxylation is 2. The summed E-state index contributed by atoms with van der Waals surface area (Å²) in [5, 5.41) is 15.9. The molecule has 0 saturated carbocycles. The molecule has 0 fully saturated rings. The second kappa shape index (κ2) is 5.84. The quantitative estimate of drug-likeness (QED) is 0.790. The number of hydrogen-bond donors (Lipinski definition) is 3. The van der Waals surface area contributed by atoms with Crippen LogP contribution in [0.15, 0.2) is 17.0 Å². The number of anilines is 1. The summed E-state index contributed by atoms with van der Waals surface area (Å²) in [6, 6.07) is 2.67. The SMILES string of the molecule is Cc1n[nH]c(C)c1NS(=O)(=O)c1ccc(Cl)c(CO)c1Cl. The third kappa shape index (κ3) is 3.01. The topological polar surface area (TPSA) is 95.1 Å². The molecule has 0 aliphatic carbocycles. The van der Waals surface area contributed by atoms with Gasteiger partial charge in [-0.1, -0.05) is 23.2 Å². The van der Waals surface area contributed by atoms with E-state index < -0.39 is 16.6 Å². The molecule has 0 spiro atoms. The zero-order chi connectivity index (χ0) is 15.8. The Kier molecular flexibility index (Phi) is 4.48. The summed E-state index contributed by atoms with van der Waals surface area (Å²) in [6.07, 6.45) is 0. The van der Waals surface area contributed by atoms with E-state index in [1.807, 2.05) is 0 Å². The fraction of sp³-hybridized carbons (Fsp3) is 0.250. The molecule has 0 amide bonds. The highest BCUT2D eigenvalue weighted by atomic mass is 35.5. The molecule has 1 aromatic carbocycles. The maximum atomic E-state index is 12.4. The van der Waals surface area contributed by atoms with Gasteiger partial charge in [-0.25, -0.2) is 8.42 Å². The molecule has 0 bridgehead atoms. The fourth-order valence-electron chi connectivity index (χ4n) is 1.82. The Labute approximate surface area is 132 Å². The van der Waals surface area contributed by atoms with Gasteiger partial charge in [-0.05, 0) is 26.0 Å². The maximum absolute atomic E-state index is 12.4. The first-order chi connectivity index (χ1) is 9.77. The first kappa shape index (κ1) is 16.1. The smallest absolute Gasteiger partial charge is 0.263 e. The summed E-state index contributed by atoms with van der Waals surface area (Å²) in [7, 11) is -3.92. The van der Waals surface area contributed by atoms with Crippen molar-refractivity contribution in [2.45, 2.75) is 25.3 Å². The van der Waals surface area contributed by atoms with E-state index in [2.05, 4.69) is 14.9 Å². The molecule has 0 aliphatic rings. The molecule has 21 heavy (non-hydrogen) atoms. The lowest BCUT2D eigenvalue weighted by molar-refractivity contribution is 0.282. The third-order valence-corrected chi connectivity index (χ3v) is 5.25. The van der Waals surface area contributed by atoms with Crippen LogP contribution in [0.5, 0.6) is 0 Å². The second-order valence-corrected chi connectivity index (χ2v) is 6.85. The van der Waals surface area contributed by atoms with Crippen LogP contribution in [0.2, 0.25) is 10.0 Å². The Morgan fingerprint density at radius 1 is 1.33 bits per heavy atom. The van der Waals surface area contributed by atoms with E-state index in [9.17, 15) is 13.5 Å². The van der Waals surface area contributed by atoms with Crippen LogP contribution in [0.1, 0.15) is 17.0 Å². The van der Waals surface area contributed by atoms with E-state index in [-0.39, 0.29) is 20.5 Å².